The molecule has 108 valence electrons. The van der Waals surface area contributed by atoms with Gasteiger partial charge in [0.05, 0.1) is 0 Å². The summed E-state index contributed by atoms with van der Waals surface area (Å²) in [5.74, 6) is 0.463. The van der Waals surface area contributed by atoms with Crippen LogP contribution in [0.3, 0.4) is 0 Å². The van der Waals surface area contributed by atoms with Crippen LogP contribution in [0.1, 0.15) is 18.5 Å². The number of carbonyl (C=O) groups is 1. The number of benzene rings is 2. The predicted octanol–water partition coefficient (Wildman–Crippen LogP) is 2.36. The summed E-state index contributed by atoms with van der Waals surface area (Å²) in [6.07, 6.45) is -1.43. The second kappa shape index (κ2) is 5.58. The molecule has 1 aliphatic heterocycles. The zero-order chi connectivity index (χ0) is 14.8. The highest BCUT2D eigenvalue weighted by Gasteiger charge is 2.51. The van der Waals surface area contributed by atoms with E-state index in [1.807, 2.05) is 60.7 Å². The zero-order valence-corrected chi connectivity index (χ0v) is 11.7. The number of aliphatic hydroxyl groups is 1. The quantitative estimate of drug-likeness (QED) is 0.876. The number of likely N-dealkylation sites (tertiary alicyclic amines) is 1. The molecule has 0 radical (unpaired) electrons. The van der Waals surface area contributed by atoms with E-state index in [0.29, 0.717) is 5.75 Å². The number of para-hydroxylation sites is 1. The topological polar surface area (TPSA) is 49.8 Å². The van der Waals surface area contributed by atoms with Crippen molar-refractivity contribution in [3.05, 3.63) is 66.2 Å². The normalized spacial score (nSPS) is 22.6. The maximum absolute atomic E-state index is 12.2. The summed E-state index contributed by atoms with van der Waals surface area (Å²) in [5.41, 5.74) is 0.957. The van der Waals surface area contributed by atoms with Gasteiger partial charge in [0.25, 0.3) is 5.91 Å². The van der Waals surface area contributed by atoms with Gasteiger partial charge in [-0.15, -0.1) is 0 Å². The minimum Gasteiger partial charge on any atom is -0.478 e. The molecule has 3 rings (SSSR count). The van der Waals surface area contributed by atoms with Gasteiger partial charge >= 0.3 is 0 Å². The van der Waals surface area contributed by atoms with E-state index in [-0.39, 0.29) is 11.9 Å². The first-order chi connectivity index (χ1) is 10.2. The predicted molar refractivity (Wildman–Crippen MR) is 78.6 cm³/mol. The summed E-state index contributed by atoms with van der Waals surface area (Å²) >= 11 is 0. The van der Waals surface area contributed by atoms with E-state index >= 15 is 0 Å². The van der Waals surface area contributed by atoms with Gasteiger partial charge in [0.1, 0.15) is 18.0 Å². The van der Waals surface area contributed by atoms with Gasteiger partial charge in [0.15, 0.2) is 0 Å². The van der Waals surface area contributed by atoms with E-state index in [9.17, 15) is 9.90 Å². The van der Waals surface area contributed by atoms with Crippen molar-refractivity contribution < 1.29 is 14.6 Å². The van der Waals surface area contributed by atoms with Crippen molar-refractivity contribution in [2.24, 2.45) is 0 Å². The molecule has 4 nitrogen and oxygen atoms in total. The van der Waals surface area contributed by atoms with Crippen LogP contribution in [0.4, 0.5) is 0 Å². The molecule has 1 aliphatic rings. The maximum atomic E-state index is 12.2. The van der Waals surface area contributed by atoms with Crippen molar-refractivity contribution in [2.45, 2.75) is 25.3 Å². The van der Waals surface area contributed by atoms with Gasteiger partial charge in [-0.05, 0) is 24.6 Å². The molecule has 3 atom stereocenters. The van der Waals surface area contributed by atoms with E-state index < -0.39 is 12.3 Å². The summed E-state index contributed by atoms with van der Waals surface area (Å²) in [4.78, 5) is 13.7. The number of nitrogens with zero attached hydrogens (tertiary/aromatic N) is 1. The number of hydrogen-bond acceptors (Lipinski definition) is 3. The van der Waals surface area contributed by atoms with Crippen molar-refractivity contribution >= 4 is 5.91 Å². The van der Waals surface area contributed by atoms with Gasteiger partial charge in [-0.2, -0.15) is 0 Å². The average molecular weight is 283 g/mol. The van der Waals surface area contributed by atoms with Crippen LogP contribution < -0.4 is 4.74 Å². The van der Waals surface area contributed by atoms with Gasteiger partial charge in [0, 0.05) is 0 Å². The lowest BCUT2D eigenvalue weighted by Crippen LogP contribution is -2.63. The molecular formula is C17H17NO3. The van der Waals surface area contributed by atoms with Crippen molar-refractivity contribution in [3.8, 4) is 5.75 Å². The number of rotatable bonds is 4. The first-order valence-corrected chi connectivity index (χ1v) is 6.95. The highest BCUT2D eigenvalue weighted by Crippen LogP contribution is 2.38. The Hall–Kier alpha value is -2.33. The van der Waals surface area contributed by atoms with Crippen LogP contribution in [-0.2, 0) is 4.79 Å². The summed E-state index contributed by atoms with van der Waals surface area (Å²) in [7, 11) is 0. The minimum atomic E-state index is -0.835. The van der Waals surface area contributed by atoms with E-state index in [1.165, 1.54) is 4.90 Å². The molecule has 1 N–H and O–H groups in total. The molecule has 0 saturated carbocycles. The molecule has 0 aliphatic carbocycles. The Morgan fingerprint density at radius 2 is 1.62 bits per heavy atom. The average Bonchev–Trinajstić information content (AvgIpc) is 2.51. The molecule has 0 spiro atoms. The Balaban J connectivity index is 1.87. The number of ether oxygens (including phenoxy) is 1. The summed E-state index contributed by atoms with van der Waals surface area (Å²) in [6, 6.07) is 18.6. The standard InChI is InChI=1S/C17H17NO3/c1-12(19)18-15(13-8-4-2-5-9-13)16(17(18)20)21-14-10-6-3-7-11-14/h2-12,15-16,19H,1H3/t12?,15-,16+/m0/s1. The van der Waals surface area contributed by atoms with Crippen LogP contribution in [0.25, 0.3) is 0 Å². The summed E-state index contributed by atoms with van der Waals surface area (Å²) in [6.45, 7) is 1.59. The number of β-lactam (4-membered cyclic amide) rings is 1. The van der Waals surface area contributed by atoms with Gasteiger partial charge < -0.3 is 14.7 Å². The number of carbonyl (C=O) groups excluding carboxylic acids is 1. The molecule has 1 unspecified atom stereocenters. The first-order valence-electron chi connectivity index (χ1n) is 6.95. The third kappa shape index (κ3) is 2.50. The van der Waals surface area contributed by atoms with Gasteiger partial charge in [0.2, 0.25) is 6.10 Å². The van der Waals surface area contributed by atoms with E-state index in [4.69, 9.17) is 4.74 Å². The van der Waals surface area contributed by atoms with E-state index in [0.717, 1.165) is 5.56 Å². The Bertz CT molecular complexity index is 612. The number of hydrogen-bond donors (Lipinski definition) is 1. The second-order valence-electron chi connectivity index (χ2n) is 5.08. The molecule has 2 aromatic rings. The van der Waals surface area contributed by atoms with Crippen molar-refractivity contribution in [2.75, 3.05) is 0 Å². The lowest BCUT2D eigenvalue weighted by atomic mass is 9.90. The molecule has 1 heterocycles. The Labute approximate surface area is 123 Å². The lowest BCUT2D eigenvalue weighted by Gasteiger charge is -2.48. The molecule has 1 amide bonds. The van der Waals surface area contributed by atoms with E-state index in [1.54, 1.807) is 6.92 Å². The van der Waals surface area contributed by atoms with E-state index in [2.05, 4.69) is 0 Å². The van der Waals surface area contributed by atoms with Gasteiger partial charge in [-0.25, -0.2) is 0 Å². The fourth-order valence-electron chi connectivity index (χ4n) is 2.65. The largest absolute Gasteiger partial charge is 0.478 e. The monoisotopic (exact) mass is 283 g/mol. The highest BCUT2D eigenvalue weighted by atomic mass is 16.5. The maximum Gasteiger partial charge on any atom is 0.268 e. The van der Waals surface area contributed by atoms with Crippen LogP contribution in [0.2, 0.25) is 0 Å². The molecule has 4 heteroatoms. The SMILES string of the molecule is CC(O)N1C(=O)[C@H](Oc2ccccc2)[C@@H]1c1ccccc1. The van der Waals surface area contributed by atoms with Crippen LogP contribution in [0.15, 0.2) is 60.7 Å². The van der Waals surface area contributed by atoms with Gasteiger partial charge in [-0.1, -0.05) is 48.5 Å². The number of amides is 1. The fourth-order valence-corrected chi connectivity index (χ4v) is 2.65. The molecule has 2 aromatic carbocycles. The smallest absolute Gasteiger partial charge is 0.268 e. The molecular weight excluding hydrogens is 266 g/mol. The van der Waals surface area contributed by atoms with Crippen LogP contribution in [0.5, 0.6) is 5.75 Å². The van der Waals surface area contributed by atoms with Crippen LogP contribution in [0, 0.1) is 0 Å². The second-order valence-corrected chi connectivity index (χ2v) is 5.08. The summed E-state index contributed by atoms with van der Waals surface area (Å²) < 4.78 is 5.81. The van der Waals surface area contributed by atoms with Crippen LogP contribution >= 0.6 is 0 Å². The minimum absolute atomic E-state index is 0.192. The Morgan fingerprint density at radius 1 is 1.05 bits per heavy atom. The Kier molecular flexibility index (Phi) is 3.62. The van der Waals surface area contributed by atoms with Crippen molar-refractivity contribution in [1.29, 1.82) is 0 Å². The third-order valence-electron chi connectivity index (χ3n) is 3.63. The lowest BCUT2D eigenvalue weighted by molar-refractivity contribution is -0.182. The van der Waals surface area contributed by atoms with Gasteiger partial charge in [-0.3, -0.25) is 4.79 Å². The first kappa shape index (κ1) is 13.6. The molecule has 1 saturated heterocycles. The summed E-state index contributed by atoms with van der Waals surface area (Å²) in [5, 5.41) is 9.81. The highest BCUT2D eigenvalue weighted by molar-refractivity contribution is 5.89. The molecule has 21 heavy (non-hydrogen) atoms. The van der Waals surface area contributed by atoms with Crippen LogP contribution in [-0.4, -0.2) is 28.2 Å². The van der Waals surface area contributed by atoms with Crippen molar-refractivity contribution in [1.82, 2.24) is 4.90 Å². The Morgan fingerprint density at radius 3 is 2.19 bits per heavy atom. The molecule has 1 fully saturated rings. The fraction of sp³-hybridized carbons (Fsp3) is 0.235. The number of aliphatic hydroxyl groups excluding tert-OH is 1. The third-order valence-corrected chi connectivity index (χ3v) is 3.63. The van der Waals surface area contributed by atoms with Crippen molar-refractivity contribution in [3.63, 3.8) is 0 Å². The molecule has 0 bridgehead atoms. The molecule has 0 aromatic heterocycles. The zero-order valence-electron chi connectivity index (χ0n) is 11.7.